The van der Waals surface area contributed by atoms with Crippen LogP contribution in [0.1, 0.15) is 19.3 Å². The van der Waals surface area contributed by atoms with Gasteiger partial charge in [0.25, 0.3) is 0 Å². The topological polar surface area (TPSA) is 57.6 Å². The number of aliphatic hydroxyl groups excluding tert-OH is 1. The first kappa shape index (κ1) is 11.0. The third-order valence-electron chi connectivity index (χ3n) is 4.35. The Bertz CT molecular complexity index is 360. The van der Waals surface area contributed by atoms with E-state index in [-0.39, 0.29) is 30.3 Å². The summed E-state index contributed by atoms with van der Waals surface area (Å²) in [6.07, 6.45) is 6.55. The van der Waals surface area contributed by atoms with Crippen molar-refractivity contribution in [3.05, 3.63) is 12.2 Å². The van der Waals surface area contributed by atoms with Crippen molar-refractivity contribution >= 4 is 11.8 Å². The largest absolute Gasteiger partial charge is 0.396 e. The maximum Gasteiger partial charge on any atom is 0.233 e. The molecular formula is C13H17NO3. The summed E-state index contributed by atoms with van der Waals surface area (Å²) in [6, 6.07) is 0. The van der Waals surface area contributed by atoms with Gasteiger partial charge >= 0.3 is 0 Å². The number of allylic oxidation sites excluding steroid dienone is 2. The van der Waals surface area contributed by atoms with E-state index in [1.54, 1.807) is 0 Å². The smallest absolute Gasteiger partial charge is 0.233 e. The molecule has 0 aromatic heterocycles. The van der Waals surface area contributed by atoms with Gasteiger partial charge in [-0.25, -0.2) is 0 Å². The van der Waals surface area contributed by atoms with Gasteiger partial charge in [0.15, 0.2) is 0 Å². The Labute approximate surface area is 100 Å². The first-order valence-corrected chi connectivity index (χ1v) is 6.38. The highest BCUT2D eigenvalue weighted by Gasteiger charge is 2.58. The number of fused-ring (bicyclic) bond motifs is 5. The van der Waals surface area contributed by atoms with E-state index >= 15 is 0 Å². The second-order valence-electron chi connectivity index (χ2n) is 5.26. The molecule has 4 nitrogen and oxygen atoms in total. The highest BCUT2D eigenvalue weighted by Crippen LogP contribution is 2.52. The number of nitrogens with zero attached hydrogens (tertiary/aromatic N) is 1. The number of hydrogen-bond donors (Lipinski definition) is 1. The van der Waals surface area contributed by atoms with Crippen molar-refractivity contribution in [3.8, 4) is 0 Å². The molecule has 2 aliphatic carbocycles. The van der Waals surface area contributed by atoms with E-state index in [4.69, 9.17) is 5.11 Å². The Morgan fingerprint density at radius 3 is 2.24 bits per heavy atom. The zero-order chi connectivity index (χ0) is 12.0. The van der Waals surface area contributed by atoms with Crippen LogP contribution in [0.3, 0.4) is 0 Å². The van der Waals surface area contributed by atoms with Crippen LogP contribution in [0, 0.1) is 23.7 Å². The Morgan fingerprint density at radius 1 is 1.12 bits per heavy atom. The lowest BCUT2D eigenvalue weighted by atomic mass is 9.85. The van der Waals surface area contributed by atoms with Crippen molar-refractivity contribution < 1.29 is 14.7 Å². The fraction of sp³-hybridized carbons (Fsp3) is 0.692. The van der Waals surface area contributed by atoms with E-state index in [0.717, 1.165) is 6.42 Å². The fourth-order valence-corrected chi connectivity index (χ4v) is 3.57. The number of rotatable bonds is 4. The summed E-state index contributed by atoms with van der Waals surface area (Å²) < 4.78 is 0. The molecule has 4 atom stereocenters. The third-order valence-corrected chi connectivity index (χ3v) is 4.35. The molecule has 1 heterocycles. The van der Waals surface area contributed by atoms with Crippen LogP contribution in [0.2, 0.25) is 0 Å². The van der Waals surface area contributed by atoms with Gasteiger partial charge in [-0.1, -0.05) is 12.2 Å². The lowest BCUT2D eigenvalue weighted by Gasteiger charge is -2.16. The summed E-state index contributed by atoms with van der Waals surface area (Å²) in [5, 5.41) is 8.73. The summed E-state index contributed by atoms with van der Waals surface area (Å²) in [4.78, 5) is 25.8. The van der Waals surface area contributed by atoms with E-state index in [9.17, 15) is 9.59 Å². The lowest BCUT2D eigenvalue weighted by molar-refractivity contribution is -0.140. The molecule has 1 saturated carbocycles. The number of unbranched alkanes of at least 4 members (excludes halogenated alkanes) is 1. The van der Waals surface area contributed by atoms with Gasteiger partial charge < -0.3 is 5.11 Å². The Hall–Kier alpha value is -1.16. The molecule has 3 rings (SSSR count). The van der Waals surface area contributed by atoms with Crippen LogP contribution in [0.4, 0.5) is 0 Å². The van der Waals surface area contributed by atoms with Gasteiger partial charge in [-0.3, -0.25) is 14.5 Å². The van der Waals surface area contributed by atoms with E-state index in [0.29, 0.717) is 31.2 Å². The Morgan fingerprint density at radius 2 is 1.71 bits per heavy atom. The highest BCUT2D eigenvalue weighted by molar-refractivity contribution is 6.06. The molecule has 4 heteroatoms. The molecule has 0 spiro atoms. The first-order chi connectivity index (χ1) is 8.24. The van der Waals surface area contributed by atoms with Crippen molar-refractivity contribution in [1.82, 2.24) is 4.90 Å². The predicted octanol–water partition coefficient (Wildman–Crippen LogP) is 0.566. The molecule has 0 unspecified atom stereocenters. The van der Waals surface area contributed by atoms with Crippen molar-refractivity contribution in [2.45, 2.75) is 19.3 Å². The molecule has 2 amide bonds. The molecule has 2 bridgehead atoms. The molecule has 1 N–H and O–H groups in total. The number of carbonyl (C=O) groups is 2. The maximum atomic E-state index is 12.2. The molecule has 3 aliphatic rings. The van der Waals surface area contributed by atoms with Gasteiger partial charge in [0.2, 0.25) is 11.8 Å². The molecule has 1 saturated heterocycles. The number of likely N-dealkylation sites (tertiary alicyclic amines) is 1. The van der Waals surface area contributed by atoms with Crippen LogP contribution < -0.4 is 0 Å². The van der Waals surface area contributed by atoms with Gasteiger partial charge in [-0.15, -0.1) is 0 Å². The summed E-state index contributed by atoms with van der Waals surface area (Å²) in [6.45, 7) is 0.598. The van der Waals surface area contributed by atoms with Gasteiger partial charge in [0.05, 0.1) is 11.8 Å². The van der Waals surface area contributed by atoms with Crippen LogP contribution in [-0.4, -0.2) is 35.0 Å². The molecule has 0 aromatic rings. The highest BCUT2D eigenvalue weighted by atomic mass is 16.3. The minimum absolute atomic E-state index is 0.0230. The molecule has 0 aromatic carbocycles. The summed E-state index contributed by atoms with van der Waals surface area (Å²) in [5.74, 6) is 0.483. The number of aliphatic hydroxyl groups is 1. The molecular weight excluding hydrogens is 218 g/mol. The van der Waals surface area contributed by atoms with E-state index < -0.39 is 0 Å². The lowest BCUT2D eigenvalue weighted by Crippen LogP contribution is -2.33. The second-order valence-corrected chi connectivity index (χ2v) is 5.26. The maximum absolute atomic E-state index is 12.2. The number of carbonyl (C=O) groups excluding carboxylic acids is 2. The number of amides is 2. The second kappa shape index (κ2) is 3.95. The number of hydrogen-bond acceptors (Lipinski definition) is 3. The zero-order valence-corrected chi connectivity index (χ0v) is 9.71. The van der Waals surface area contributed by atoms with Crippen molar-refractivity contribution in [3.63, 3.8) is 0 Å². The summed E-state index contributed by atoms with van der Waals surface area (Å²) >= 11 is 0. The molecule has 2 fully saturated rings. The molecule has 0 radical (unpaired) electrons. The van der Waals surface area contributed by atoms with Gasteiger partial charge in [-0.05, 0) is 31.1 Å². The summed E-state index contributed by atoms with van der Waals surface area (Å²) in [5.41, 5.74) is 0. The van der Waals surface area contributed by atoms with Crippen LogP contribution in [0.25, 0.3) is 0 Å². The summed E-state index contributed by atoms with van der Waals surface area (Å²) in [7, 11) is 0. The number of imide groups is 1. The Balaban J connectivity index is 1.74. The SMILES string of the molecule is O=C1[C@@H]2[C@H](C(=O)N1CCCCO)[C@H]1C=C[C@@H]2C1. The molecule has 1 aliphatic heterocycles. The van der Waals surface area contributed by atoms with Gasteiger partial charge in [0, 0.05) is 13.2 Å². The average Bonchev–Trinajstić information content (AvgIpc) is 2.97. The van der Waals surface area contributed by atoms with Crippen molar-refractivity contribution in [1.29, 1.82) is 0 Å². The van der Waals surface area contributed by atoms with Crippen LogP contribution in [0.5, 0.6) is 0 Å². The van der Waals surface area contributed by atoms with E-state index in [1.807, 2.05) is 0 Å². The van der Waals surface area contributed by atoms with Gasteiger partial charge in [-0.2, -0.15) is 0 Å². The normalized spacial score (nSPS) is 38.3. The van der Waals surface area contributed by atoms with Crippen molar-refractivity contribution in [2.75, 3.05) is 13.2 Å². The quantitative estimate of drug-likeness (QED) is 0.440. The standard InChI is InChI=1S/C13H17NO3/c15-6-2-1-5-14-12(16)10-8-3-4-9(7-8)11(10)13(14)17/h3-4,8-11,15H,1-2,5-7H2/t8-,9+,10+,11-. The minimum atomic E-state index is -0.0772. The van der Waals surface area contributed by atoms with Crippen molar-refractivity contribution in [2.24, 2.45) is 23.7 Å². The van der Waals surface area contributed by atoms with Crippen LogP contribution in [-0.2, 0) is 9.59 Å². The fourth-order valence-electron chi connectivity index (χ4n) is 3.57. The van der Waals surface area contributed by atoms with E-state index in [2.05, 4.69) is 12.2 Å². The van der Waals surface area contributed by atoms with E-state index in [1.165, 1.54) is 4.90 Å². The van der Waals surface area contributed by atoms with Gasteiger partial charge in [0.1, 0.15) is 0 Å². The first-order valence-electron chi connectivity index (χ1n) is 6.38. The zero-order valence-electron chi connectivity index (χ0n) is 9.71. The third kappa shape index (κ3) is 1.47. The predicted molar refractivity (Wildman–Crippen MR) is 60.8 cm³/mol. The van der Waals surface area contributed by atoms with Crippen LogP contribution in [0.15, 0.2) is 12.2 Å². The Kier molecular flexibility index (Phi) is 2.54. The molecule has 92 valence electrons. The average molecular weight is 235 g/mol. The molecule has 17 heavy (non-hydrogen) atoms. The van der Waals surface area contributed by atoms with Crippen LogP contribution >= 0.6 is 0 Å². The minimum Gasteiger partial charge on any atom is -0.396 e. The monoisotopic (exact) mass is 235 g/mol.